The number of thiazole rings is 1. The van der Waals surface area contributed by atoms with Gasteiger partial charge in [0.2, 0.25) is 0 Å². The van der Waals surface area contributed by atoms with Gasteiger partial charge in [-0.3, -0.25) is 0 Å². The second-order valence-corrected chi connectivity index (χ2v) is 9.20. The Kier molecular flexibility index (Phi) is 4.13. The number of hydrogen-bond donors (Lipinski definition) is 0. The molecule has 0 N–H and O–H groups in total. The van der Waals surface area contributed by atoms with E-state index in [1.165, 1.54) is 0 Å². The zero-order valence-electron chi connectivity index (χ0n) is 13.0. The number of para-hydroxylation sites is 1. The van der Waals surface area contributed by atoms with E-state index < -0.39 is 10.2 Å². The molecule has 3 heterocycles. The SMILES string of the molecule is O=S(=O)(N1CCCC1)N1CCCCC1c1nc2ccccc2s1. The normalized spacial score (nSPS) is 24.4. The maximum atomic E-state index is 13.0. The van der Waals surface area contributed by atoms with Crippen LogP contribution in [0.3, 0.4) is 0 Å². The lowest BCUT2D eigenvalue weighted by molar-refractivity contribution is 0.238. The molecule has 2 aliphatic rings. The molecule has 0 saturated carbocycles. The smallest absolute Gasteiger partial charge is 0.239 e. The van der Waals surface area contributed by atoms with E-state index in [0.29, 0.717) is 19.6 Å². The van der Waals surface area contributed by atoms with E-state index in [2.05, 4.69) is 6.07 Å². The standard InChI is InChI=1S/C16H21N3O2S2/c20-23(21,18-10-5-6-11-18)19-12-4-3-8-14(19)16-17-13-7-1-2-9-15(13)22-16/h1-2,7,9,14H,3-6,8,10-12H2. The number of nitrogens with zero attached hydrogens (tertiary/aromatic N) is 3. The fourth-order valence-electron chi connectivity index (χ4n) is 3.53. The van der Waals surface area contributed by atoms with Gasteiger partial charge in [-0.1, -0.05) is 18.6 Å². The number of piperidine rings is 1. The molecule has 2 saturated heterocycles. The number of rotatable bonds is 3. The molecule has 0 radical (unpaired) electrons. The lowest BCUT2D eigenvalue weighted by Crippen LogP contribution is -2.46. The summed E-state index contributed by atoms with van der Waals surface area (Å²) in [4.78, 5) is 4.72. The van der Waals surface area contributed by atoms with Crippen LogP contribution in [-0.2, 0) is 10.2 Å². The largest absolute Gasteiger partial charge is 0.282 e. The molecule has 1 aromatic carbocycles. The summed E-state index contributed by atoms with van der Waals surface area (Å²) < 4.78 is 30.5. The summed E-state index contributed by atoms with van der Waals surface area (Å²) in [5, 5.41) is 0.939. The van der Waals surface area contributed by atoms with Crippen molar-refractivity contribution in [1.82, 2.24) is 13.6 Å². The topological polar surface area (TPSA) is 53.5 Å². The summed E-state index contributed by atoms with van der Waals surface area (Å²) in [5.41, 5.74) is 0.969. The second kappa shape index (κ2) is 6.12. The second-order valence-electron chi connectivity index (χ2n) is 6.26. The lowest BCUT2D eigenvalue weighted by Gasteiger charge is -2.35. The van der Waals surface area contributed by atoms with E-state index in [-0.39, 0.29) is 6.04 Å². The third-order valence-electron chi connectivity index (χ3n) is 4.74. The van der Waals surface area contributed by atoms with Gasteiger partial charge in [-0.25, -0.2) is 4.98 Å². The van der Waals surface area contributed by atoms with Crippen LogP contribution >= 0.6 is 11.3 Å². The van der Waals surface area contributed by atoms with Crippen molar-refractivity contribution in [2.45, 2.75) is 38.1 Å². The lowest BCUT2D eigenvalue weighted by atomic mass is 10.1. The predicted octanol–water partition coefficient (Wildman–Crippen LogP) is 3.16. The number of benzene rings is 1. The van der Waals surface area contributed by atoms with Gasteiger partial charge in [-0.15, -0.1) is 11.3 Å². The Morgan fingerprint density at radius 2 is 1.78 bits per heavy atom. The van der Waals surface area contributed by atoms with Crippen molar-refractivity contribution >= 4 is 31.8 Å². The van der Waals surface area contributed by atoms with Crippen LogP contribution < -0.4 is 0 Å². The summed E-state index contributed by atoms with van der Waals surface area (Å²) in [6.07, 6.45) is 4.81. The van der Waals surface area contributed by atoms with E-state index in [1.54, 1.807) is 19.9 Å². The van der Waals surface area contributed by atoms with Gasteiger partial charge in [0, 0.05) is 19.6 Å². The van der Waals surface area contributed by atoms with Gasteiger partial charge in [0.25, 0.3) is 10.2 Å². The third kappa shape index (κ3) is 2.80. The van der Waals surface area contributed by atoms with E-state index in [0.717, 1.165) is 47.3 Å². The summed E-state index contributed by atoms with van der Waals surface area (Å²) in [6, 6.07) is 7.93. The molecule has 1 aromatic heterocycles. The van der Waals surface area contributed by atoms with Crippen molar-refractivity contribution in [2.75, 3.05) is 19.6 Å². The maximum Gasteiger partial charge on any atom is 0.282 e. The van der Waals surface area contributed by atoms with Crippen molar-refractivity contribution in [3.63, 3.8) is 0 Å². The highest BCUT2D eigenvalue weighted by atomic mass is 32.2. The monoisotopic (exact) mass is 351 g/mol. The Bertz CT molecular complexity index is 764. The van der Waals surface area contributed by atoms with Crippen molar-refractivity contribution in [1.29, 1.82) is 0 Å². The molecule has 1 atom stereocenters. The molecule has 0 aliphatic carbocycles. The zero-order chi connectivity index (χ0) is 15.9. The first kappa shape index (κ1) is 15.5. The van der Waals surface area contributed by atoms with E-state index in [4.69, 9.17) is 4.98 Å². The average molecular weight is 351 g/mol. The van der Waals surface area contributed by atoms with Crippen LogP contribution in [0.15, 0.2) is 24.3 Å². The molecule has 124 valence electrons. The first-order chi connectivity index (χ1) is 11.2. The van der Waals surface area contributed by atoms with Crippen LogP contribution in [0, 0.1) is 0 Å². The maximum absolute atomic E-state index is 13.0. The van der Waals surface area contributed by atoms with Crippen LogP contribution in [0.1, 0.15) is 43.2 Å². The molecule has 23 heavy (non-hydrogen) atoms. The molecule has 5 nitrogen and oxygen atoms in total. The highest BCUT2D eigenvalue weighted by Gasteiger charge is 2.39. The summed E-state index contributed by atoms with van der Waals surface area (Å²) >= 11 is 1.63. The number of aromatic nitrogens is 1. The Hall–Kier alpha value is -1.02. The van der Waals surface area contributed by atoms with Crippen molar-refractivity contribution in [2.24, 2.45) is 0 Å². The highest BCUT2D eigenvalue weighted by molar-refractivity contribution is 7.86. The summed E-state index contributed by atoms with van der Waals surface area (Å²) in [6.45, 7) is 1.93. The molecule has 0 amide bonds. The molecule has 2 fully saturated rings. The first-order valence-electron chi connectivity index (χ1n) is 8.29. The third-order valence-corrected chi connectivity index (χ3v) is 7.92. The van der Waals surface area contributed by atoms with Gasteiger partial charge in [-0.2, -0.15) is 17.0 Å². The minimum atomic E-state index is -3.36. The average Bonchev–Trinajstić information content (AvgIpc) is 3.24. The van der Waals surface area contributed by atoms with Crippen LogP contribution in [0.25, 0.3) is 10.2 Å². The van der Waals surface area contributed by atoms with Gasteiger partial charge < -0.3 is 0 Å². The fourth-order valence-corrected chi connectivity index (χ4v) is 6.61. The fraction of sp³-hybridized carbons (Fsp3) is 0.562. The Morgan fingerprint density at radius 3 is 2.57 bits per heavy atom. The Labute approximate surface area is 141 Å². The van der Waals surface area contributed by atoms with E-state index in [1.807, 2.05) is 18.2 Å². The molecule has 2 aromatic rings. The Morgan fingerprint density at radius 1 is 1.04 bits per heavy atom. The van der Waals surface area contributed by atoms with Crippen molar-refractivity contribution in [3.8, 4) is 0 Å². The Balaban J connectivity index is 1.70. The van der Waals surface area contributed by atoms with Crippen molar-refractivity contribution in [3.05, 3.63) is 29.3 Å². The number of hydrogen-bond acceptors (Lipinski definition) is 4. The van der Waals surface area contributed by atoms with Gasteiger partial charge in [0.15, 0.2) is 0 Å². The molecule has 7 heteroatoms. The summed E-state index contributed by atoms with van der Waals surface area (Å²) in [5.74, 6) is 0. The first-order valence-corrected chi connectivity index (χ1v) is 10.5. The van der Waals surface area contributed by atoms with E-state index in [9.17, 15) is 8.42 Å². The molecule has 1 unspecified atom stereocenters. The van der Waals surface area contributed by atoms with E-state index >= 15 is 0 Å². The quantitative estimate of drug-likeness (QED) is 0.853. The van der Waals surface area contributed by atoms with Crippen molar-refractivity contribution < 1.29 is 8.42 Å². The summed E-state index contributed by atoms with van der Waals surface area (Å²) in [7, 11) is -3.36. The van der Waals surface area contributed by atoms with Gasteiger partial charge in [-0.05, 0) is 37.8 Å². The van der Waals surface area contributed by atoms with Gasteiger partial charge >= 0.3 is 0 Å². The van der Waals surface area contributed by atoms with Crippen LogP contribution in [0.5, 0.6) is 0 Å². The minimum Gasteiger partial charge on any atom is -0.239 e. The molecular weight excluding hydrogens is 330 g/mol. The molecule has 0 spiro atoms. The zero-order valence-corrected chi connectivity index (χ0v) is 14.7. The van der Waals surface area contributed by atoms with Crippen LogP contribution in [0.4, 0.5) is 0 Å². The molecular formula is C16H21N3O2S2. The predicted molar refractivity (Wildman–Crippen MR) is 92.6 cm³/mol. The number of fused-ring (bicyclic) bond motifs is 1. The van der Waals surface area contributed by atoms with Gasteiger partial charge in [0.1, 0.15) is 5.01 Å². The minimum absolute atomic E-state index is 0.105. The van der Waals surface area contributed by atoms with Crippen LogP contribution in [0.2, 0.25) is 0 Å². The highest BCUT2D eigenvalue weighted by Crippen LogP contribution is 2.38. The van der Waals surface area contributed by atoms with Gasteiger partial charge in [0.05, 0.1) is 16.3 Å². The van der Waals surface area contributed by atoms with Crippen LogP contribution in [-0.4, -0.2) is 41.6 Å². The molecule has 4 rings (SSSR count). The molecule has 2 aliphatic heterocycles. The molecule has 0 bridgehead atoms.